The van der Waals surface area contributed by atoms with E-state index in [0.29, 0.717) is 37.2 Å². The summed E-state index contributed by atoms with van der Waals surface area (Å²) in [5, 5.41) is 2.72. The van der Waals surface area contributed by atoms with E-state index < -0.39 is 23.6 Å². The number of carbonyl (C=O) groups is 2. The highest BCUT2D eigenvalue weighted by molar-refractivity contribution is 6.03. The first-order valence-electron chi connectivity index (χ1n) is 16.0. The number of aromatic nitrogens is 6. The molecule has 4 aromatic heterocycles. The predicted molar refractivity (Wildman–Crippen MR) is 172 cm³/mol. The molecule has 256 valence electrons. The molecular weight excluding hydrogens is 629 g/mol. The Morgan fingerprint density at radius 3 is 2.58 bits per heavy atom. The molecule has 12 nitrogen and oxygen atoms in total. The Hall–Kier alpha value is -4.53. The number of halogens is 3. The number of pyridine rings is 2. The maximum atomic E-state index is 14.1. The van der Waals surface area contributed by atoms with Gasteiger partial charge in [-0.1, -0.05) is 19.8 Å². The molecule has 2 aliphatic rings. The monoisotopic (exact) mass is 668 g/mol. The fraction of sp³-hybridized carbons (Fsp3) is 0.515. The number of aromatic amines is 1. The van der Waals surface area contributed by atoms with Crippen LogP contribution in [0.4, 0.5) is 24.8 Å². The molecule has 2 fully saturated rings. The number of nitrogens with zero attached hydrogens (tertiary/aromatic N) is 6. The molecule has 4 heterocycles. The van der Waals surface area contributed by atoms with Gasteiger partial charge in [-0.2, -0.15) is 18.2 Å². The Morgan fingerprint density at radius 2 is 1.92 bits per heavy atom. The minimum atomic E-state index is -4.56. The molecule has 4 aromatic rings. The molecule has 0 bridgehead atoms. The zero-order chi connectivity index (χ0) is 34.2. The molecule has 0 radical (unpaired) electrons. The summed E-state index contributed by atoms with van der Waals surface area (Å²) in [5.74, 6) is -1.46. The van der Waals surface area contributed by atoms with Gasteiger partial charge in [0, 0.05) is 56.5 Å². The van der Waals surface area contributed by atoms with Crippen LogP contribution in [0, 0.1) is 11.3 Å². The normalized spacial score (nSPS) is 16.6. The number of carbonyl (C=O) groups excluding carboxylic acids is 2. The minimum Gasteiger partial charge on any atom is -0.469 e. The molecule has 6 rings (SSSR count). The van der Waals surface area contributed by atoms with E-state index in [9.17, 15) is 22.8 Å². The summed E-state index contributed by atoms with van der Waals surface area (Å²) in [6.45, 7) is 3.20. The van der Waals surface area contributed by atoms with Crippen LogP contribution in [0.2, 0.25) is 0 Å². The van der Waals surface area contributed by atoms with Crippen LogP contribution in [-0.4, -0.2) is 75.8 Å². The van der Waals surface area contributed by atoms with Gasteiger partial charge in [0.05, 0.1) is 48.6 Å². The summed E-state index contributed by atoms with van der Waals surface area (Å²) < 4.78 is 54.4. The van der Waals surface area contributed by atoms with Crippen molar-refractivity contribution in [3.63, 3.8) is 0 Å². The van der Waals surface area contributed by atoms with Crippen LogP contribution in [0.25, 0.3) is 22.4 Å². The smallest absolute Gasteiger partial charge is 0.418 e. The lowest BCUT2D eigenvalue weighted by Crippen LogP contribution is -2.37. The van der Waals surface area contributed by atoms with Crippen molar-refractivity contribution in [2.45, 2.75) is 64.1 Å². The number of hydrogen-bond donors (Lipinski definition) is 2. The van der Waals surface area contributed by atoms with Crippen LogP contribution in [0.1, 0.15) is 73.1 Å². The number of H-pyrrole nitrogens is 1. The van der Waals surface area contributed by atoms with Gasteiger partial charge < -0.3 is 23.9 Å². The molecule has 15 heteroatoms. The summed E-state index contributed by atoms with van der Waals surface area (Å²) in [4.78, 5) is 47.7. The van der Waals surface area contributed by atoms with Gasteiger partial charge in [-0.15, -0.1) is 0 Å². The molecular formula is C33H39F3N8O4. The maximum absolute atomic E-state index is 14.1. The van der Waals surface area contributed by atoms with Crippen molar-refractivity contribution in [1.29, 1.82) is 0 Å². The standard InChI is InChI=1S/C33H39F3N8O4/c1-19(30(46)48-4)14-44-15-24(38-18-44)29(45)42-31-40-27-25(43(2)16-32(17-47-3)9-5-6-10-32)12-23(39-28(27)41-31)21-11-22(33(34,35)36)26(37-13-21)20-7-8-20/h11-13,15,18-20H,5-10,14,16-17H2,1-4H3,(H2,39,40,41,42,45)/t19-/m1/s1. The number of nitrogens with one attached hydrogen (secondary N) is 2. The van der Waals surface area contributed by atoms with Crippen molar-refractivity contribution in [2.24, 2.45) is 11.3 Å². The van der Waals surface area contributed by atoms with Crippen LogP contribution in [-0.2, 0) is 27.0 Å². The van der Waals surface area contributed by atoms with E-state index >= 15 is 0 Å². The largest absolute Gasteiger partial charge is 0.469 e. The van der Waals surface area contributed by atoms with Crippen LogP contribution in [0.15, 0.2) is 30.9 Å². The second kappa shape index (κ2) is 13.2. The molecule has 0 spiro atoms. The number of ether oxygens (including phenoxy) is 2. The number of imidazole rings is 2. The summed E-state index contributed by atoms with van der Waals surface area (Å²) in [6, 6.07) is 2.86. The predicted octanol–water partition coefficient (Wildman–Crippen LogP) is 5.82. The van der Waals surface area contributed by atoms with Gasteiger partial charge >= 0.3 is 12.1 Å². The third-order valence-corrected chi connectivity index (χ3v) is 9.21. The Kier molecular flexibility index (Phi) is 9.16. The van der Waals surface area contributed by atoms with Gasteiger partial charge in [0.2, 0.25) is 5.95 Å². The first-order valence-corrected chi connectivity index (χ1v) is 16.0. The molecule has 2 N–H and O–H groups in total. The molecule has 1 atom stereocenters. The average Bonchev–Trinajstić information content (AvgIpc) is 3.39. The van der Waals surface area contributed by atoms with Crippen molar-refractivity contribution < 1.29 is 32.2 Å². The van der Waals surface area contributed by atoms with E-state index in [2.05, 4.69) is 30.2 Å². The number of alkyl halides is 3. The quantitative estimate of drug-likeness (QED) is 0.179. The summed E-state index contributed by atoms with van der Waals surface area (Å²) in [6.07, 6.45) is 5.37. The zero-order valence-corrected chi connectivity index (χ0v) is 27.4. The Labute approximate surface area is 275 Å². The number of methoxy groups -OCH3 is 2. The lowest BCUT2D eigenvalue weighted by molar-refractivity contribution is -0.145. The molecule has 48 heavy (non-hydrogen) atoms. The van der Waals surface area contributed by atoms with Gasteiger partial charge in [-0.05, 0) is 37.8 Å². The van der Waals surface area contributed by atoms with Gasteiger partial charge in [-0.3, -0.25) is 19.9 Å². The lowest BCUT2D eigenvalue weighted by Gasteiger charge is -2.34. The van der Waals surface area contributed by atoms with E-state index in [-0.39, 0.29) is 58.1 Å². The summed E-state index contributed by atoms with van der Waals surface area (Å²) in [7, 11) is 4.92. The topological polar surface area (TPSA) is 140 Å². The van der Waals surface area contributed by atoms with E-state index in [1.54, 1.807) is 24.7 Å². The van der Waals surface area contributed by atoms with Crippen molar-refractivity contribution in [3.8, 4) is 11.3 Å². The minimum absolute atomic E-state index is 0.0689. The fourth-order valence-electron chi connectivity index (χ4n) is 6.71. The molecule has 0 aliphatic heterocycles. The van der Waals surface area contributed by atoms with Gasteiger partial charge in [0.15, 0.2) is 5.65 Å². The Balaban J connectivity index is 1.35. The highest BCUT2D eigenvalue weighted by Gasteiger charge is 2.40. The molecule has 2 saturated carbocycles. The van der Waals surface area contributed by atoms with Crippen LogP contribution in [0.3, 0.4) is 0 Å². The number of amides is 1. The van der Waals surface area contributed by atoms with E-state index in [1.165, 1.54) is 25.8 Å². The fourth-order valence-corrected chi connectivity index (χ4v) is 6.71. The number of esters is 1. The van der Waals surface area contributed by atoms with Crippen LogP contribution < -0.4 is 10.2 Å². The zero-order valence-electron chi connectivity index (χ0n) is 27.4. The number of fused-ring (bicyclic) bond motifs is 1. The second-order valence-corrected chi connectivity index (χ2v) is 13.1. The van der Waals surface area contributed by atoms with Crippen molar-refractivity contribution in [1.82, 2.24) is 29.5 Å². The Morgan fingerprint density at radius 1 is 1.17 bits per heavy atom. The molecule has 0 saturated heterocycles. The van der Waals surface area contributed by atoms with E-state index in [1.807, 2.05) is 11.9 Å². The third-order valence-electron chi connectivity index (χ3n) is 9.21. The molecule has 1 amide bonds. The number of rotatable bonds is 12. The maximum Gasteiger partial charge on any atom is 0.418 e. The summed E-state index contributed by atoms with van der Waals surface area (Å²) >= 11 is 0. The highest BCUT2D eigenvalue weighted by atomic mass is 19.4. The first kappa shape index (κ1) is 33.4. The molecule has 0 aromatic carbocycles. The highest BCUT2D eigenvalue weighted by Crippen LogP contribution is 2.46. The SMILES string of the molecule is COCC1(CN(C)c2cc(-c3cnc(C4CC4)c(C(F)(F)F)c3)nc3nc(NC(=O)c4cn(C[C@@H](C)C(=O)OC)cn4)[nH]c23)CCCC1. The number of anilines is 2. The first-order chi connectivity index (χ1) is 22.9. The van der Waals surface area contributed by atoms with Gasteiger partial charge in [-0.25, -0.2) is 9.97 Å². The van der Waals surface area contributed by atoms with Crippen LogP contribution in [0.5, 0.6) is 0 Å². The van der Waals surface area contributed by atoms with Crippen molar-refractivity contribution in [2.75, 3.05) is 44.6 Å². The molecule has 2 aliphatic carbocycles. The van der Waals surface area contributed by atoms with E-state index in [4.69, 9.17) is 9.47 Å². The Bertz CT molecular complexity index is 1810. The van der Waals surface area contributed by atoms with Crippen molar-refractivity contribution in [3.05, 3.63) is 47.8 Å². The lowest BCUT2D eigenvalue weighted by atomic mass is 9.86. The average molecular weight is 669 g/mol. The van der Waals surface area contributed by atoms with Crippen LogP contribution >= 0.6 is 0 Å². The number of hydrogen-bond acceptors (Lipinski definition) is 9. The second-order valence-electron chi connectivity index (χ2n) is 13.1. The molecule has 0 unspecified atom stereocenters. The third kappa shape index (κ3) is 7.00. The van der Waals surface area contributed by atoms with E-state index in [0.717, 1.165) is 31.7 Å². The summed E-state index contributed by atoms with van der Waals surface area (Å²) in [5.41, 5.74) is 1.22. The van der Waals surface area contributed by atoms with Gasteiger partial charge in [0.25, 0.3) is 5.91 Å². The van der Waals surface area contributed by atoms with Gasteiger partial charge in [0.1, 0.15) is 11.2 Å². The van der Waals surface area contributed by atoms with Crippen molar-refractivity contribution >= 4 is 34.7 Å².